The van der Waals surface area contributed by atoms with E-state index in [4.69, 9.17) is 4.99 Å². The highest BCUT2D eigenvalue weighted by atomic mass is 16.2. The van der Waals surface area contributed by atoms with Crippen LogP contribution < -0.4 is 5.32 Å². The summed E-state index contributed by atoms with van der Waals surface area (Å²) in [5.74, 6) is -0.253. The van der Waals surface area contributed by atoms with Gasteiger partial charge in [0.1, 0.15) is 0 Å². The molecule has 0 saturated carbocycles. The first-order valence-corrected chi connectivity index (χ1v) is 8.31. The molecule has 3 aromatic rings. The molecule has 1 atom stereocenters. The molecular weight excluding hydrogens is 324 g/mol. The number of carbonyl (C=O) groups is 1. The Bertz CT molecular complexity index is 981. The summed E-state index contributed by atoms with van der Waals surface area (Å²) < 4.78 is 0. The van der Waals surface area contributed by atoms with E-state index < -0.39 is 6.04 Å². The summed E-state index contributed by atoms with van der Waals surface area (Å²) in [7, 11) is 0. The van der Waals surface area contributed by atoms with Gasteiger partial charge in [-0.1, -0.05) is 60.7 Å². The molecule has 1 N–H and O–H groups in total. The lowest BCUT2D eigenvalue weighted by molar-refractivity contribution is -0.116. The molecule has 0 aliphatic carbocycles. The topological polar surface area (TPSA) is 66.2 Å². The third-order valence-electron chi connectivity index (χ3n) is 4.02. The molecule has 1 aliphatic rings. The second kappa shape index (κ2) is 7.11. The normalized spacial score (nSPS) is 16.5. The summed E-state index contributed by atoms with van der Waals surface area (Å²) in [4.78, 5) is 17.6. The van der Waals surface area contributed by atoms with Crippen LogP contribution in [0.5, 0.6) is 0 Å². The maximum absolute atomic E-state index is 12.8. The zero-order valence-corrected chi connectivity index (χ0v) is 13.9. The van der Waals surface area contributed by atoms with Gasteiger partial charge in [-0.2, -0.15) is 10.2 Å². The van der Waals surface area contributed by atoms with Gasteiger partial charge in [0, 0.05) is 0 Å². The molecule has 0 radical (unpaired) electrons. The Morgan fingerprint density at radius 3 is 2.23 bits per heavy atom. The van der Waals surface area contributed by atoms with Crippen molar-refractivity contribution >= 4 is 28.7 Å². The second-order valence-corrected chi connectivity index (χ2v) is 5.82. The zero-order valence-electron chi connectivity index (χ0n) is 13.9. The van der Waals surface area contributed by atoms with E-state index >= 15 is 0 Å². The minimum Gasteiger partial charge on any atom is -0.322 e. The minimum absolute atomic E-state index is 0.253. The summed E-state index contributed by atoms with van der Waals surface area (Å²) in [5.41, 5.74) is 3.49. The smallest absolute Gasteiger partial charge is 0.257 e. The quantitative estimate of drug-likeness (QED) is 0.676. The third-order valence-corrected chi connectivity index (χ3v) is 4.02. The van der Waals surface area contributed by atoms with E-state index in [1.54, 1.807) is 0 Å². The average molecular weight is 340 g/mol. The highest BCUT2D eigenvalue weighted by molar-refractivity contribution is 6.22. The van der Waals surface area contributed by atoms with Crippen molar-refractivity contribution in [2.24, 2.45) is 15.2 Å². The fourth-order valence-corrected chi connectivity index (χ4v) is 2.75. The SMILES string of the molecule is O=C1Nc2ccccc2N=C(c2ccccc2)C1N=Nc1ccccc1. The Morgan fingerprint density at radius 1 is 0.808 bits per heavy atom. The van der Waals surface area contributed by atoms with Crippen LogP contribution in [-0.4, -0.2) is 17.7 Å². The predicted octanol–water partition coefficient (Wildman–Crippen LogP) is 4.91. The van der Waals surface area contributed by atoms with E-state index in [1.165, 1.54) is 0 Å². The number of amides is 1. The zero-order chi connectivity index (χ0) is 17.8. The van der Waals surface area contributed by atoms with Gasteiger partial charge in [-0.3, -0.25) is 4.79 Å². The number of benzene rings is 3. The van der Waals surface area contributed by atoms with Crippen LogP contribution in [0.25, 0.3) is 0 Å². The summed E-state index contributed by atoms with van der Waals surface area (Å²) >= 11 is 0. The van der Waals surface area contributed by atoms with E-state index in [-0.39, 0.29) is 5.91 Å². The number of carbonyl (C=O) groups excluding carboxylic acids is 1. The first-order chi connectivity index (χ1) is 12.8. The van der Waals surface area contributed by atoms with E-state index in [0.717, 1.165) is 5.56 Å². The predicted molar refractivity (Wildman–Crippen MR) is 102 cm³/mol. The van der Waals surface area contributed by atoms with Gasteiger partial charge in [0.05, 0.1) is 22.8 Å². The summed E-state index contributed by atoms with van der Waals surface area (Å²) in [6, 6.07) is 25.6. The Morgan fingerprint density at radius 2 is 1.46 bits per heavy atom. The lowest BCUT2D eigenvalue weighted by Crippen LogP contribution is -2.32. The van der Waals surface area contributed by atoms with Gasteiger partial charge in [0.25, 0.3) is 5.91 Å². The lowest BCUT2D eigenvalue weighted by atomic mass is 10.0. The molecule has 1 amide bonds. The second-order valence-electron chi connectivity index (χ2n) is 5.82. The molecule has 0 saturated heterocycles. The van der Waals surface area contributed by atoms with Gasteiger partial charge < -0.3 is 5.32 Å². The Kier molecular flexibility index (Phi) is 4.35. The molecule has 4 rings (SSSR count). The molecule has 0 aromatic heterocycles. The van der Waals surface area contributed by atoms with E-state index in [2.05, 4.69) is 15.5 Å². The van der Waals surface area contributed by atoms with Crippen molar-refractivity contribution < 1.29 is 4.79 Å². The number of nitrogens with zero attached hydrogens (tertiary/aromatic N) is 3. The molecule has 1 heterocycles. The summed E-state index contributed by atoms with van der Waals surface area (Å²) in [6.45, 7) is 0. The first-order valence-electron chi connectivity index (χ1n) is 8.31. The van der Waals surface area contributed by atoms with Gasteiger partial charge in [-0.05, 0) is 29.8 Å². The summed E-state index contributed by atoms with van der Waals surface area (Å²) in [5, 5.41) is 11.5. The number of azo groups is 1. The number of rotatable bonds is 3. The number of aliphatic imine (C=N–C) groups is 1. The minimum atomic E-state index is -0.829. The number of para-hydroxylation sites is 2. The molecule has 126 valence electrons. The first kappa shape index (κ1) is 15.9. The third kappa shape index (κ3) is 3.28. The van der Waals surface area contributed by atoms with Crippen LogP contribution in [0.15, 0.2) is 100 Å². The number of anilines is 1. The monoisotopic (exact) mass is 340 g/mol. The number of hydrogen-bond acceptors (Lipinski definition) is 4. The van der Waals surface area contributed by atoms with Gasteiger partial charge in [-0.25, -0.2) is 4.99 Å². The van der Waals surface area contributed by atoms with Gasteiger partial charge in [0.2, 0.25) is 0 Å². The highest BCUT2D eigenvalue weighted by Gasteiger charge is 2.29. The average Bonchev–Trinajstić information content (AvgIpc) is 2.83. The number of fused-ring (bicyclic) bond motifs is 1. The van der Waals surface area contributed by atoms with E-state index in [9.17, 15) is 4.79 Å². The van der Waals surface area contributed by atoms with Gasteiger partial charge in [0.15, 0.2) is 6.04 Å². The Balaban J connectivity index is 1.80. The molecule has 3 aromatic carbocycles. The maximum Gasteiger partial charge on any atom is 0.257 e. The lowest BCUT2D eigenvalue weighted by Gasteiger charge is -2.11. The van der Waals surface area contributed by atoms with Gasteiger partial charge >= 0.3 is 0 Å². The molecule has 5 heteroatoms. The number of hydrogen-bond donors (Lipinski definition) is 1. The molecule has 26 heavy (non-hydrogen) atoms. The molecule has 5 nitrogen and oxygen atoms in total. The molecule has 0 spiro atoms. The van der Waals surface area contributed by atoms with Crippen molar-refractivity contribution in [3.05, 3.63) is 90.5 Å². The van der Waals surface area contributed by atoms with Crippen molar-refractivity contribution in [1.29, 1.82) is 0 Å². The molecule has 0 fully saturated rings. The van der Waals surface area contributed by atoms with Crippen molar-refractivity contribution in [2.45, 2.75) is 6.04 Å². The fraction of sp³-hybridized carbons (Fsp3) is 0.0476. The van der Waals surface area contributed by atoms with Crippen LogP contribution >= 0.6 is 0 Å². The highest BCUT2D eigenvalue weighted by Crippen LogP contribution is 2.29. The standard InChI is InChI=1S/C21H16N4O/c26-21-20(25-24-16-11-5-2-6-12-16)19(15-9-3-1-4-10-15)22-17-13-7-8-14-18(17)23-21/h1-14,20H,(H,23,26). The van der Waals surface area contributed by atoms with E-state index in [0.29, 0.717) is 22.8 Å². The Labute approximate surface area is 151 Å². The van der Waals surface area contributed by atoms with E-state index in [1.807, 2.05) is 84.9 Å². The largest absolute Gasteiger partial charge is 0.322 e. The number of nitrogens with one attached hydrogen (secondary N) is 1. The van der Waals surface area contributed by atoms with Crippen LogP contribution in [0.4, 0.5) is 17.1 Å². The van der Waals surface area contributed by atoms with Crippen molar-refractivity contribution in [3.8, 4) is 0 Å². The van der Waals surface area contributed by atoms with Gasteiger partial charge in [-0.15, -0.1) is 0 Å². The maximum atomic E-state index is 12.8. The Hall–Kier alpha value is -3.60. The van der Waals surface area contributed by atoms with Crippen molar-refractivity contribution in [2.75, 3.05) is 5.32 Å². The van der Waals surface area contributed by atoms with Crippen LogP contribution in [0.2, 0.25) is 0 Å². The molecule has 1 unspecified atom stereocenters. The van der Waals surface area contributed by atoms with Crippen LogP contribution in [0.1, 0.15) is 5.56 Å². The molecule has 1 aliphatic heterocycles. The van der Waals surface area contributed by atoms with Crippen molar-refractivity contribution in [1.82, 2.24) is 0 Å². The molecule has 0 bridgehead atoms. The fourth-order valence-electron chi connectivity index (χ4n) is 2.75. The van der Waals surface area contributed by atoms with Crippen LogP contribution in [-0.2, 0) is 4.79 Å². The van der Waals surface area contributed by atoms with Crippen molar-refractivity contribution in [3.63, 3.8) is 0 Å². The summed E-state index contributed by atoms with van der Waals surface area (Å²) in [6.07, 6.45) is 0. The van der Waals surface area contributed by atoms with Crippen LogP contribution in [0, 0.1) is 0 Å². The van der Waals surface area contributed by atoms with Crippen LogP contribution in [0.3, 0.4) is 0 Å². The molecular formula is C21H16N4O.